The predicted octanol–water partition coefficient (Wildman–Crippen LogP) is 2.27. The molecule has 0 aliphatic rings. The van der Waals surface area contributed by atoms with Crippen LogP contribution in [0.2, 0.25) is 0 Å². The zero-order valence-electron chi connectivity index (χ0n) is 11.9. The molecule has 19 heavy (non-hydrogen) atoms. The standard InChI is InChI=1S/C14H21N5/c1-10(15)12(14(2,3)4)19-17-13(16-18-19)11-8-6-5-7-9-11/h5-10,12H,15H2,1-4H3. The van der Waals surface area contributed by atoms with Crippen molar-refractivity contribution in [2.75, 3.05) is 0 Å². The number of aromatic nitrogens is 4. The molecule has 2 atom stereocenters. The normalized spacial score (nSPS) is 15.2. The van der Waals surface area contributed by atoms with Gasteiger partial charge in [-0.3, -0.25) is 0 Å². The average Bonchev–Trinajstić information content (AvgIpc) is 2.77. The molecular formula is C14H21N5. The minimum atomic E-state index is -0.0437. The van der Waals surface area contributed by atoms with Crippen LogP contribution in [0.25, 0.3) is 11.4 Å². The highest BCUT2D eigenvalue weighted by molar-refractivity contribution is 5.52. The van der Waals surface area contributed by atoms with E-state index in [2.05, 4.69) is 36.2 Å². The number of nitrogens with two attached hydrogens (primary N) is 1. The van der Waals surface area contributed by atoms with Crippen LogP contribution in [0.5, 0.6) is 0 Å². The summed E-state index contributed by atoms with van der Waals surface area (Å²) in [4.78, 5) is 1.65. The van der Waals surface area contributed by atoms with Crippen LogP contribution < -0.4 is 5.73 Å². The van der Waals surface area contributed by atoms with Crippen molar-refractivity contribution < 1.29 is 0 Å². The summed E-state index contributed by atoms with van der Waals surface area (Å²) in [5.74, 6) is 0.635. The van der Waals surface area contributed by atoms with Gasteiger partial charge in [0.05, 0.1) is 6.04 Å². The van der Waals surface area contributed by atoms with E-state index >= 15 is 0 Å². The van der Waals surface area contributed by atoms with Crippen molar-refractivity contribution in [3.8, 4) is 11.4 Å². The maximum Gasteiger partial charge on any atom is 0.204 e. The molecule has 0 saturated heterocycles. The number of nitrogens with zero attached hydrogens (tertiary/aromatic N) is 4. The Morgan fingerprint density at radius 1 is 1.16 bits per heavy atom. The Kier molecular flexibility index (Phi) is 3.66. The number of hydrogen-bond acceptors (Lipinski definition) is 4. The highest BCUT2D eigenvalue weighted by atomic mass is 15.6. The largest absolute Gasteiger partial charge is 0.326 e. The van der Waals surface area contributed by atoms with Crippen molar-refractivity contribution in [1.29, 1.82) is 0 Å². The predicted molar refractivity (Wildman–Crippen MR) is 75.4 cm³/mol. The molecule has 1 aromatic carbocycles. The maximum atomic E-state index is 6.07. The van der Waals surface area contributed by atoms with Crippen molar-refractivity contribution in [1.82, 2.24) is 20.2 Å². The molecule has 0 aliphatic heterocycles. The second kappa shape index (κ2) is 5.09. The quantitative estimate of drug-likeness (QED) is 0.918. The summed E-state index contributed by atoms with van der Waals surface area (Å²) >= 11 is 0. The fraction of sp³-hybridized carbons (Fsp3) is 0.500. The first-order valence-electron chi connectivity index (χ1n) is 6.50. The lowest BCUT2D eigenvalue weighted by molar-refractivity contribution is 0.176. The van der Waals surface area contributed by atoms with Gasteiger partial charge in [0, 0.05) is 11.6 Å². The highest BCUT2D eigenvalue weighted by Crippen LogP contribution is 2.31. The van der Waals surface area contributed by atoms with Gasteiger partial charge >= 0.3 is 0 Å². The van der Waals surface area contributed by atoms with Crippen LogP contribution in [-0.2, 0) is 0 Å². The Balaban J connectivity index is 2.35. The molecule has 2 aromatic rings. The second-order valence-electron chi connectivity index (χ2n) is 5.97. The third kappa shape index (κ3) is 2.98. The van der Waals surface area contributed by atoms with E-state index in [1.54, 1.807) is 4.80 Å². The second-order valence-corrected chi connectivity index (χ2v) is 5.97. The van der Waals surface area contributed by atoms with Crippen LogP contribution in [0, 0.1) is 5.41 Å². The van der Waals surface area contributed by atoms with Crippen molar-refractivity contribution in [3.05, 3.63) is 30.3 Å². The molecular weight excluding hydrogens is 238 g/mol. The van der Waals surface area contributed by atoms with E-state index in [1.165, 1.54) is 0 Å². The average molecular weight is 259 g/mol. The van der Waals surface area contributed by atoms with Gasteiger partial charge in [-0.1, -0.05) is 51.1 Å². The van der Waals surface area contributed by atoms with Gasteiger partial charge in [-0.05, 0) is 17.6 Å². The van der Waals surface area contributed by atoms with Crippen molar-refractivity contribution in [2.45, 2.75) is 39.8 Å². The van der Waals surface area contributed by atoms with E-state index in [9.17, 15) is 0 Å². The fourth-order valence-corrected chi connectivity index (χ4v) is 2.39. The smallest absolute Gasteiger partial charge is 0.204 e. The summed E-state index contributed by atoms with van der Waals surface area (Å²) in [6.07, 6.45) is 0. The molecule has 2 N–H and O–H groups in total. The molecule has 0 amide bonds. The van der Waals surface area contributed by atoms with E-state index in [-0.39, 0.29) is 17.5 Å². The minimum Gasteiger partial charge on any atom is -0.326 e. The van der Waals surface area contributed by atoms with Gasteiger partial charge in [0.2, 0.25) is 5.82 Å². The van der Waals surface area contributed by atoms with Gasteiger partial charge in [-0.25, -0.2) is 0 Å². The Hall–Kier alpha value is -1.75. The summed E-state index contributed by atoms with van der Waals surface area (Å²) in [7, 11) is 0. The van der Waals surface area contributed by atoms with E-state index in [0.717, 1.165) is 5.56 Å². The van der Waals surface area contributed by atoms with Crippen molar-refractivity contribution in [2.24, 2.45) is 11.1 Å². The topological polar surface area (TPSA) is 69.6 Å². The Morgan fingerprint density at radius 2 is 1.79 bits per heavy atom. The van der Waals surface area contributed by atoms with E-state index < -0.39 is 0 Å². The Labute approximate surface area is 113 Å². The molecule has 0 bridgehead atoms. The fourth-order valence-electron chi connectivity index (χ4n) is 2.39. The third-order valence-electron chi connectivity index (χ3n) is 3.09. The molecule has 1 heterocycles. The molecule has 2 unspecified atom stereocenters. The van der Waals surface area contributed by atoms with Crippen LogP contribution in [-0.4, -0.2) is 26.2 Å². The zero-order valence-corrected chi connectivity index (χ0v) is 11.9. The van der Waals surface area contributed by atoms with E-state index in [0.29, 0.717) is 5.82 Å². The lowest BCUT2D eigenvalue weighted by Crippen LogP contribution is -2.39. The molecule has 5 nitrogen and oxygen atoms in total. The minimum absolute atomic E-state index is 0.0115. The van der Waals surface area contributed by atoms with Crippen molar-refractivity contribution in [3.63, 3.8) is 0 Å². The molecule has 1 aromatic heterocycles. The summed E-state index contributed by atoms with van der Waals surface area (Å²) in [5.41, 5.74) is 7.01. The van der Waals surface area contributed by atoms with Crippen LogP contribution >= 0.6 is 0 Å². The van der Waals surface area contributed by atoms with Gasteiger partial charge in [0.15, 0.2) is 0 Å². The first kappa shape index (κ1) is 13.7. The first-order chi connectivity index (χ1) is 8.89. The van der Waals surface area contributed by atoms with Gasteiger partial charge in [0.25, 0.3) is 0 Å². The molecule has 0 saturated carbocycles. The Bertz CT molecular complexity index is 524. The molecule has 102 valence electrons. The van der Waals surface area contributed by atoms with Crippen LogP contribution in [0.15, 0.2) is 30.3 Å². The molecule has 0 radical (unpaired) electrons. The molecule has 2 rings (SSSR count). The monoisotopic (exact) mass is 259 g/mol. The van der Waals surface area contributed by atoms with Gasteiger partial charge in [0.1, 0.15) is 0 Å². The summed E-state index contributed by atoms with van der Waals surface area (Å²) in [5, 5.41) is 12.8. The van der Waals surface area contributed by atoms with E-state index in [4.69, 9.17) is 5.73 Å². The summed E-state index contributed by atoms with van der Waals surface area (Å²) < 4.78 is 0. The first-order valence-corrected chi connectivity index (χ1v) is 6.50. The molecule has 5 heteroatoms. The maximum absolute atomic E-state index is 6.07. The third-order valence-corrected chi connectivity index (χ3v) is 3.09. The zero-order chi connectivity index (χ0) is 14.0. The molecule has 0 spiro atoms. The van der Waals surface area contributed by atoms with E-state index in [1.807, 2.05) is 37.3 Å². The number of hydrogen-bond donors (Lipinski definition) is 1. The number of tetrazole rings is 1. The van der Waals surface area contributed by atoms with Crippen LogP contribution in [0.3, 0.4) is 0 Å². The lowest BCUT2D eigenvalue weighted by atomic mass is 9.83. The highest BCUT2D eigenvalue weighted by Gasteiger charge is 2.31. The van der Waals surface area contributed by atoms with Gasteiger partial charge in [-0.15, -0.1) is 10.2 Å². The lowest BCUT2D eigenvalue weighted by Gasteiger charge is -2.32. The summed E-state index contributed by atoms with van der Waals surface area (Å²) in [6.45, 7) is 8.37. The van der Waals surface area contributed by atoms with Crippen LogP contribution in [0.4, 0.5) is 0 Å². The van der Waals surface area contributed by atoms with Gasteiger partial charge in [-0.2, -0.15) is 4.80 Å². The molecule has 0 fully saturated rings. The SMILES string of the molecule is CC(N)C(n1nnc(-c2ccccc2)n1)C(C)(C)C. The Morgan fingerprint density at radius 3 is 2.32 bits per heavy atom. The van der Waals surface area contributed by atoms with Crippen molar-refractivity contribution >= 4 is 0 Å². The number of benzene rings is 1. The molecule has 0 aliphatic carbocycles. The van der Waals surface area contributed by atoms with Gasteiger partial charge < -0.3 is 5.73 Å². The number of rotatable bonds is 3. The van der Waals surface area contributed by atoms with Crippen LogP contribution in [0.1, 0.15) is 33.7 Å². The summed E-state index contributed by atoms with van der Waals surface area (Å²) in [6, 6.07) is 9.80.